The van der Waals surface area contributed by atoms with Crippen LogP contribution in [0.5, 0.6) is 0 Å². The van der Waals surface area contributed by atoms with E-state index in [-0.39, 0.29) is 0 Å². The van der Waals surface area contributed by atoms with Crippen molar-refractivity contribution in [2.75, 3.05) is 31.6 Å². The second kappa shape index (κ2) is 5.64. The molecule has 4 rings (SSSR count). The molecule has 0 N–H and O–H groups in total. The quantitative estimate of drug-likeness (QED) is 0.846. The molecule has 2 aliphatic rings. The normalized spacial score (nSPS) is 24.2. The molecule has 0 unspecified atom stereocenters. The standard InChI is InChI=1S/C20H25N3/c1-14-4-9-19(15(2)21-14)16-5-7-18(8-6-16)23-11-10-17-12-22(3)13-20(17)23/h4-9,17,20H,10-13H2,1-3H3/t17-,20+/m1/s1. The third-order valence-corrected chi connectivity index (χ3v) is 5.47. The van der Waals surface area contributed by atoms with Gasteiger partial charge in [-0.1, -0.05) is 18.2 Å². The molecular formula is C20H25N3. The molecule has 0 radical (unpaired) electrons. The van der Waals surface area contributed by atoms with E-state index in [9.17, 15) is 0 Å². The Kier molecular flexibility index (Phi) is 3.61. The molecule has 2 fully saturated rings. The number of anilines is 1. The number of benzene rings is 1. The smallest absolute Gasteiger partial charge is 0.0457 e. The van der Waals surface area contributed by atoms with Crippen molar-refractivity contribution in [3.05, 3.63) is 47.8 Å². The summed E-state index contributed by atoms with van der Waals surface area (Å²) in [6.07, 6.45) is 1.33. The second-order valence-electron chi connectivity index (χ2n) is 7.16. The SMILES string of the molecule is Cc1ccc(-c2ccc(N3CC[C@@H]4CN(C)C[C@@H]43)cc2)c(C)n1. The number of pyridine rings is 1. The van der Waals surface area contributed by atoms with Crippen molar-refractivity contribution in [3.63, 3.8) is 0 Å². The van der Waals surface area contributed by atoms with Gasteiger partial charge in [0, 0.05) is 48.3 Å². The van der Waals surface area contributed by atoms with Crippen LogP contribution in [-0.2, 0) is 0 Å². The van der Waals surface area contributed by atoms with E-state index in [1.54, 1.807) is 0 Å². The average molecular weight is 307 g/mol. The van der Waals surface area contributed by atoms with Crippen LogP contribution in [0.1, 0.15) is 17.8 Å². The Bertz CT molecular complexity index is 707. The van der Waals surface area contributed by atoms with Gasteiger partial charge in [-0.05, 0) is 57.0 Å². The summed E-state index contributed by atoms with van der Waals surface area (Å²) >= 11 is 0. The predicted molar refractivity (Wildman–Crippen MR) is 95.9 cm³/mol. The van der Waals surface area contributed by atoms with Gasteiger partial charge in [-0.3, -0.25) is 4.98 Å². The van der Waals surface area contributed by atoms with Crippen molar-refractivity contribution in [1.29, 1.82) is 0 Å². The second-order valence-corrected chi connectivity index (χ2v) is 7.16. The van der Waals surface area contributed by atoms with Crippen molar-refractivity contribution in [2.45, 2.75) is 26.3 Å². The van der Waals surface area contributed by atoms with Gasteiger partial charge in [0.05, 0.1) is 0 Å². The molecule has 1 aromatic carbocycles. The van der Waals surface area contributed by atoms with Gasteiger partial charge in [0.25, 0.3) is 0 Å². The Hall–Kier alpha value is -1.87. The molecule has 2 saturated heterocycles. The van der Waals surface area contributed by atoms with Crippen LogP contribution in [0.15, 0.2) is 36.4 Å². The third kappa shape index (κ3) is 2.63. The van der Waals surface area contributed by atoms with Crippen LogP contribution in [0.3, 0.4) is 0 Å². The molecule has 23 heavy (non-hydrogen) atoms. The van der Waals surface area contributed by atoms with E-state index in [4.69, 9.17) is 0 Å². The first-order chi connectivity index (χ1) is 11.1. The molecule has 0 saturated carbocycles. The van der Waals surface area contributed by atoms with E-state index < -0.39 is 0 Å². The summed E-state index contributed by atoms with van der Waals surface area (Å²) in [5.74, 6) is 0.850. The number of rotatable bonds is 2. The molecule has 120 valence electrons. The van der Waals surface area contributed by atoms with Crippen LogP contribution >= 0.6 is 0 Å². The van der Waals surface area contributed by atoms with Crippen molar-refractivity contribution in [1.82, 2.24) is 9.88 Å². The van der Waals surface area contributed by atoms with Crippen LogP contribution in [0, 0.1) is 19.8 Å². The zero-order valence-electron chi connectivity index (χ0n) is 14.3. The Morgan fingerprint density at radius 1 is 1.00 bits per heavy atom. The lowest BCUT2D eigenvalue weighted by Gasteiger charge is -2.26. The molecule has 2 aromatic rings. The van der Waals surface area contributed by atoms with Crippen molar-refractivity contribution in [2.24, 2.45) is 5.92 Å². The number of hydrogen-bond acceptors (Lipinski definition) is 3. The summed E-state index contributed by atoms with van der Waals surface area (Å²) in [6, 6.07) is 14.1. The molecular weight excluding hydrogens is 282 g/mol. The van der Waals surface area contributed by atoms with Gasteiger partial charge in [-0.2, -0.15) is 0 Å². The maximum Gasteiger partial charge on any atom is 0.0457 e. The zero-order valence-corrected chi connectivity index (χ0v) is 14.3. The largest absolute Gasteiger partial charge is 0.367 e. The molecule has 0 spiro atoms. The van der Waals surface area contributed by atoms with Gasteiger partial charge < -0.3 is 9.80 Å². The van der Waals surface area contributed by atoms with Gasteiger partial charge in [-0.25, -0.2) is 0 Å². The van der Waals surface area contributed by atoms with E-state index in [1.807, 2.05) is 6.92 Å². The summed E-state index contributed by atoms with van der Waals surface area (Å²) in [6.45, 7) is 7.80. The van der Waals surface area contributed by atoms with Crippen molar-refractivity contribution < 1.29 is 0 Å². The number of hydrogen-bond donors (Lipinski definition) is 0. The van der Waals surface area contributed by atoms with Crippen molar-refractivity contribution in [3.8, 4) is 11.1 Å². The summed E-state index contributed by atoms with van der Waals surface area (Å²) in [5.41, 5.74) is 6.06. The van der Waals surface area contributed by atoms with E-state index in [0.29, 0.717) is 6.04 Å². The average Bonchev–Trinajstić information content (AvgIpc) is 3.06. The molecule has 3 heterocycles. The van der Waals surface area contributed by atoms with E-state index in [0.717, 1.165) is 17.3 Å². The first-order valence-electron chi connectivity index (χ1n) is 8.62. The lowest BCUT2D eigenvalue weighted by molar-refractivity contribution is 0.386. The number of likely N-dealkylation sites (N-methyl/N-ethyl adjacent to an activating group) is 1. The lowest BCUT2D eigenvalue weighted by Crippen LogP contribution is -2.34. The Morgan fingerprint density at radius 2 is 1.78 bits per heavy atom. The maximum atomic E-state index is 4.59. The van der Waals surface area contributed by atoms with E-state index >= 15 is 0 Å². The van der Waals surface area contributed by atoms with Crippen LogP contribution in [0.4, 0.5) is 5.69 Å². The highest BCUT2D eigenvalue weighted by Crippen LogP contribution is 2.35. The van der Waals surface area contributed by atoms with Crippen LogP contribution < -0.4 is 4.90 Å². The number of fused-ring (bicyclic) bond motifs is 1. The van der Waals surface area contributed by atoms with Crippen LogP contribution in [0.2, 0.25) is 0 Å². The summed E-state index contributed by atoms with van der Waals surface area (Å²) in [5, 5.41) is 0. The molecule has 0 amide bonds. The molecule has 3 nitrogen and oxygen atoms in total. The fraction of sp³-hybridized carbons (Fsp3) is 0.450. The Morgan fingerprint density at radius 3 is 2.52 bits per heavy atom. The summed E-state index contributed by atoms with van der Waals surface area (Å²) < 4.78 is 0. The van der Waals surface area contributed by atoms with Gasteiger partial charge in [0.1, 0.15) is 0 Å². The molecule has 2 aliphatic heterocycles. The minimum Gasteiger partial charge on any atom is -0.367 e. The molecule has 1 aromatic heterocycles. The first-order valence-corrected chi connectivity index (χ1v) is 8.62. The van der Waals surface area contributed by atoms with Gasteiger partial charge in [0.2, 0.25) is 0 Å². The minimum absolute atomic E-state index is 0.702. The fourth-order valence-corrected chi connectivity index (χ4v) is 4.32. The molecule has 2 atom stereocenters. The third-order valence-electron chi connectivity index (χ3n) is 5.47. The first kappa shape index (κ1) is 14.7. The molecule has 0 bridgehead atoms. The minimum atomic E-state index is 0.702. The van der Waals surface area contributed by atoms with Gasteiger partial charge >= 0.3 is 0 Å². The fourth-order valence-electron chi connectivity index (χ4n) is 4.32. The number of likely N-dealkylation sites (tertiary alicyclic amines) is 1. The number of aryl methyl sites for hydroxylation is 2. The topological polar surface area (TPSA) is 19.4 Å². The van der Waals surface area contributed by atoms with Crippen LogP contribution in [-0.4, -0.2) is 42.6 Å². The van der Waals surface area contributed by atoms with Crippen molar-refractivity contribution >= 4 is 5.69 Å². The van der Waals surface area contributed by atoms with Crippen LogP contribution in [0.25, 0.3) is 11.1 Å². The summed E-state index contributed by atoms with van der Waals surface area (Å²) in [7, 11) is 2.24. The molecule has 0 aliphatic carbocycles. The zero-order chi connectivity index (χ0) is 16.0. The Balaban J connectivity index is 1.59. The Labute approximate surface area is 139 Å². The monoisotopic (exact) mass is 307 g/mol. The maximum absolute atomic E-state index is 4.59. The van der Waals surface area contributed by atoms with Gasteiger partial charge in [0.15, 0.2) is 0 Å². The summed E-state index contributed by atoms with van der Waals surface area (Å²) in [4.78, 5) is 9.66. The highest BCUT2D eigenvalue weighted by molar-refractivity contribution is 5.68. The van der Waals surface area contributed by atoms with E-state index in [1.165, 1.54) is 42.9 Å². The van der Waals surface area contributed by atoms with E-state index in [2.05, 4.69) is 65.2 Å². The lowest BCUT2D eigenvalue weighted by atomic mass is 10.0. The highest BCUT2D eigenvalue weighted by Gasteiger charge is 2.39. The number of nitrogens with zero attached hydrogens (tertiary/aromatic N) is 3. The molecule has 3 heteroatoms. The predicted octanol–water partition coefficient (Wildman–Crippen LogP) is 3.51. The van der Waals surface area contributed by atoms with Gasteiger partial charge in [-0.15, -0.1) is 0 Å². The highest BCUT2D eigenvalue weighted by atomic mass is 15.3. The number of aromatic nitrogens is 1.